The third-order valence-electron chi connectivity index (χ3n) is 3.40. The zero-order valence-corrected chi connectivity index (χ0v) is 18.1. The molecular formula is C20H27ClN2O5. The number of aliphatic imine (C=N–C) groups is 1. The average molecular weight is 411 g/mol. The SMILES string of the molecule is COC(=O)C(Cc1ccc(Cl)cc1NC(=O)C(C)(C)C)=NC(=O)OC(C)(C)C. The number of amides is 2. The third kappa shape index (κ3) is 7.68. The van der Waals surface area contributed by atoms with Gasteiger partial charge in [0.1, 0.15) is 11.3 Å². The lowest BCUT2D eigenvalue weighted by atomic mass is 9.95. The fraction of sp³-hybridized carbons (Fsp3) is 0.500. The summed E-state index contributed by atoms with van der Waals surface area (Å²) in [6.45, 7) is 10.4. The Morgan fingerprint density at radius 3 is 2.21 bits per heavy atom. The number of benzene rings is 1. The summed E-state index contributed by atoms with van der Waals surface area (Å²) in [6.07, 6.45) is -0.954. The van der Waals surface area contributed by atoms with Gasteiger partial charge in [0.2, 0.25) is 5.91 Å². The quantitative estimate of drug-likeness (QED) is 0.585. The molecule has 0 radical (unpaired) electrons. The lowest BCUT2D eigenvalue weighted by Gasteiger charge is -2.20. The number of anilines is 1. The van der Waals surface area contributed by atoms with Gasteiger partial charge in [0.05, 0.1) is 7.11 Å². The summed E-state index contributed by atoms with van der Waals surface area (Å²) in [4.78, 5) is 40.2. The highest BCUT2D eigenvalue weighted by Gasteiger charge is 2.24. The number of nitrogens with one attached hydrogen (secondary N) is 1. The number of halogens is 1. The summed E-state index contributed by atoms with van der Waals surface area (Å²) in [6, 6.07) is 4.84. The first-order valence-corrected chi connectivity index (χ1v) is 9.09. The summed E-state index contributed by atoms with van der Waals surface area (Å²) >= 11 is 6.05. The molecule has 1 aromatic rings. The van der Waals surface area contributed by atoms with E-state index < -0.39 is 23.1 Å². The molecule has 1 aromatic carbocycles. The number of rotatable bonds is 4. The molecule has 7 nitrogen and oxygen atoms in total. The molecule has 0 aliphatic heterocycles. The highest BCUT2D eigenvalue weighted by atomic mass is 35.5. The van der Waals surface area contributed by atoms with Crippen LogP contribution < -0.4 is 5.32 Å². The summed E-state index contributed by atoms with van der Waals surface area (Å²) in [5.74, 6) is -0.992. The zero-order chi connectivity index (χ0) is 21.7. The second-order valence-corrected chi connectivity index (χ2v) is 8.65. The Labute approximate surface area is 170 Å². The van der Waals surface area contributed by atoms with Crippen LogP contribution in [0.3, 0.4) is 0 Å². The predicted molar refractivity (Wildman–Crippen MR) is 109 cm³/mol. The Hall–Kier alpha value is -2.41. The highest BCUT2D eigenvalue weighted by molar-refractivity contribution is 6.38. The molecule has 154 valence electrons. The fourth-order valence-electron chi connectivity index (χ4n) is 1.98. The van der Waals surface area contributed by atoms with E-state index in [9.17, 15) is 14.4 Å². The summed E-state index contributed by atoms with van der Waals surface area (Å²) in [5, 5.41) is 3.21. The first-order valence-electron chi connectivity index (χ1n) is 8.71. The smallest absolute Gasteiger partial charge is 0.434 e. The normalized spacial score (nSPS) is 12.4. The largest absolute Gasteiger partial charge is 0.465 e. The molecule has 0 bridgehead atoms. The van der Waals surface area contributed by atoms with Gasteiger partial charge in [-0.25, -0.2) is 9.59 Å². The number of hydrogen-bond donors (Lipinski definition) is 1. The van der Waals surface area contributed by atoms with Gasteiger partial charge in [0, 0.05) is 22.5 Å². The van der Waals surface area contributed by atoms with Crippen LogP contribution in [0, 0.1) is 5.41 Å². The molecule has 28 heavy (non-hydrogen) atoms. The maximum absolute atomic E-state index is 12.4. The van der Waals surface area contributed by atoms with Crippen LogP contribution in [0.25, 0.3) is 0 Å². The lowest BCUT2D eigenvalue weighted by molar-refractivity contribution is -0.132. The van der Waals surface area contributed by atoms with Gasteiger partial charge in [-0.15, -0.1) is 0 Å². The Morgan fingerprint density at radius 2 is 1.71 bits per heavy atom. The molecule has 0 atom stereocenters. The second-order valence-electron chi connectivity index (χ2n) is 8.21. The van der Waals surface area contributed by atoms with Gasteiger partial charge in [-0.05, 0) is 38.5 Å². The van der Waals surface area contributed by atoms with Crippen LogP contribution in [0.15, 0.2) is 23.2 Å². The van der Waals surface area contributed by atoms with E-state index in [1.54, 1.807) is 59.7 Å². The number of carbonyl (C=O) groups is 3. The topological polar surface area (TPSA) is 94.1 Å². The Bertz CT molecular complexity index is 789. The van der Waals surface area contributed by atoms with E-state index in [1.165, 1.54) is 7.11 Å². The van der Waals surface area contributed by atoms with E-state index in [0.29, 0.717) is 16.3 Å². The van der Waals surface area contributed by atoms with Crippen LogP contribution >= 0.6 is 11.6 Å². The van der Waals surface area contributed by atoms with Gasteiger partial charge in [-0.3, -0.25) is 4.79 Å². The Morgan fingerprint density at radius 1 is 1.11 bits per heavy atom. The number of carbonyl (C=O) groups excluding carboxylic acids is 3. The van der Waals surface area contributed by atoms with Crippen LogP contribution in [0.1, 0.15) is 47.1 Å². The van der Waals surface area contributed by atoms with Gasteiger partial charge < -0.3 is 14.8 Å². The number of esters is 1. The van der Waals surface area contributed by atoms with Gasteiger partial charge in [0.25, 0.3) is 0 Å². The number of methoxy groups -OCH3 is 1. The van der Waals surface area contributed by atoms with E-state index in [2.05, 4.69) is 10.3 Å². The average Bonchev–Trinajstić information content (AvgIpc) is 2.53. The number of hydrogen-bond acceptors (Lipinski definition) is 5. The zero-order valence-electron chi connectivity index (χ0n) is 17.3. The van der Waals surface area contributed by atoms with Crippen molar-refractivity contribution in [3.05, 3.63) is 28.8 Å². The standard InChI is InChI=1S/C20H27ClN2O5/c1-19(2,3)17(25)22-14-11-13(21)9-8-12(14)10-15(16(24)27-7)23-18(26)28-20(4,5)6/h8-9,11H,10H2,1-7H3,(H,22,25). The maximum atomic E-state index is 12.4. The van der Waals surface area contributed by atoms with Crippen molar-refractivity contribution in [1.82, 2.24) is 0 Å². The Balaban J connectivity index is 3.24. The molecule has 0 heterocycles. The highest BCUT2D eigenvalue weighted by Crippen LogP contribution is 2.25. The minimum Gasteiger partial charge on any atom is -0.465 e. The van der Waals surface area contributed by atoms with E-state index in [4.69, 9.17) is 21.1 Å². The van der Waals surface area contributed by atoms with Crippen molar-refractivity contribution in [1.29, 1.82) is 0 Å². The molecule has 0 aliphatic rings. The van der Waals surface area contributed by atoms with Crippen molar-refractivity contribution in [3.8, 4) is 0 Å². The van der Waals surface area contributed by atoms with Gasteiger partial charge in [-0.2, -0.15) is 4.99 Å². The van der Waals surface area contributed by atoms with Crippen molar-refractivity contribution >= 4 is 41.0 Å². The number of ether oxygens (including phenoxy) is 2. The third-order valence-corrected chi connectivity index (χ3v) is 3.64. The first kappa shape index (κ1) is 23.6. The van der Waals surface area contributed by atoms with Crippen molar-refractivity contribution in [2.24, 2.45) is 10.4 Å². The molecule has 0 fully saturated rings. The molecule has 0 unspecified atom stereocenters. The monoisotopic (exact) mass is 410 g/mol. The van der Waals surface area contributed by atoms with Crippen LogP contribution in [0.5, 0.6) is 0 Å². The van der Waals surface area contributed by atoms with Gasteiger partial charge in [-0.1, -0.05) is 38.4 Å². The van der Waals surface area contributed by atoms with Crippen molar-refractivity contribution in [2.75, 3.05) is 12.4 Å². The minimum atomic E-state index is -0.901. The van der Waals surface area contributed by atoms with E-state index >= 15 is 0 Å². The molecular weight excluding hydrogens is 384 g/mol. The van der Waals surface area contributed by atoms with E-state index in [-0.39, 0.29) is 18.0 Å². The maximum Gasteiger partial charge on any atom is 0.434 e. The molecule has 0 saturated heterocycles. The van der Waals surface area contributed by atoms with Crippen LogP contribution in [-0.2, 0) is 25.5 Å². The van der Waals surface area contributed by atoms with Gasteiger partial charge >= 0.3 is 12.1 Å². The number of nitrogens with zero attached hydrogens (tertiary/aromatic N) is 1. The van der Waals surface area contributed by atoms with E-state index in [0.717, 1.165) is 0 Å². The predicted octanol–water partition coefficient (Wildman–Crippen LogP) is 4.42. The summed E-state index contributed by atoms with van der Waals surface area (Å²) < 4.78 is 9.86. The van der Waals surface area contributed by atoms with Crippen LogP contribution in [-0.4, -0.2) is 36.4 Å². The molecule has 0 spiro atoms. The Kier molecular flexibility index (Phi) is 7.75. The summed E-state index contributed by atoms with van der Waals surface area (Å²) in [7, 11) is 1.19. The summed E-state index contributed by atoms with van der Waals surface area (Å²) in [5.41, 5.74) is -0.559. The minimum absolute atomic E-state index is 0.0527. The molecule has 2 amide bonds. The molecule has 1 rings (SSSR count). The first-order chi connectivity index (χ1) is 12.7. The van der Waals surface area contributed by atoms with Crippen molar-refractivity contribution < 1.29 is 23.9 Å². The molecule has 1 N–H and O–H groups in total. The van der Waals surface area contributed by atoms with Crippen LogP contribution in [0.4, 0.5) is 10.5 Å². The molecule has 0 saturated carbocycles. The lowest BCUT2D eigenvalue weighted by Crippen LogP contribution is -2.29. The van der Waals surface area contributed by atoms with Crippen molar-refractivity contribution in [2.45, 2.75) is 53.6 Å². The fourth-order valence-corrected chi connectivity index (χ4v) is 2.15. The second kappa shape index (κ2) is 9.19. The van der Waals surface area contributed by atoms with E-state index in [1.807, 2.05) is 0 Å². The van der Waals surface area contributed by atoms with Crippen molar-refractivity contribution in [3.63, 3.8) is 0 Å². The molecule has 0 aromatic heterocycles. The van der Waals surface area contributed by atoms with Crippen LogP contribution in [0.2, 0.25) is 5.02 Å². The van der Waals surface area contributed by atoms with Gasteiger partial charge in [0.15, 0.2) is 0 Å². The molecule has 0 aliphatic carbocycles. The molecule has 8 heteroatoms.